The Balaban J connectivity index is 2.17. The minimum Gasteiger partial charge on any atom is -0.489 e. The minimum absolute atomic E-state index is 0.00913. The Labute approximate surface area is 118 Å². The lowest BCUT2D eigenvalue weighted by molar-refractivity contribution is 0.299. The Hall–Kier alpha value is -2.06. The van der Waals surface area contributed by atoms with Crippen molar-refractivity contribution in [1.82, 2.24) is 0 Å². The lowest BCUT2D eigenvalue weighted by atomic mass is 10.1. The first kappa shape index (κ1) is 13.4. The quantitative estimate of drug-likeness (QED) is 0.879. The number of hydrogen-bond donors (Lipinski definition) is 1. The Morgan fingerprint density at radius 1 is 1.32 bits per heavy atom. The molecule has 0 atom stereocenters. The van der Waals surface area contributed by atoms with Crippen LogP contribution in [0.4, 0.5) is 10.1 Å². The molecule has 2 aromatic carbocycles. The first-order chi connectivity index (χ1) is 9.10. The molecule has 0 amide bonds. The van der Waals surface area contributed by atoms with Crippen LogP contribution in [0.3, 0.4) is 0 Å². The molecule has 0 fully saturated rings. The summed E-state index contributed by atoms with van der Waals surface area (Å²) in [5.74, 6) is -0.0124. The number of hydrogen-bond acceptors (Lipinski definition) is 3. The van der Waals surface area contributed by atoms with Crippen molar-refractivity contribution in [1.29, 1.82) is 5.26 Å². The van der Waals surface area contributed by atoms with Gasteiger partial charge in [0.25, 0.3) is 0 Å². The summed E-state index contributed by atoms with van der Waals surface area (Å²) >= 11 is 3.30. The Morgan fingerprint density at radius 2 is 2.11 bits per heavy atom. The molecule has 0 aliphatic carbocycles. The first-order valence-corrected chi connectivity index (χ1v) is 6.26. The zero-order valence-electron chi connectivity index (χ0n) is 9.86. The van der Waals surface area contributed by atoms with Gasteiger partial charge in [0.15, 0.2) is 0 Å². The summed E-state index contributed by atoms with van der Waals surface area (Å²) in [7, 11) is 0. The van der Waals surface area contributed by atoms with E-state index < -0.39 is 5.82 Å². The predicted octanol–water partition coefficient (Wildman–Crippen LogP) is 3.62. The second-order valence-corrected chi connectivity index (χ2v) is 4.82. The predicted molar refractivity (Wildman–Crippen MR) is 74.0 cm³/mol. The van der Waals surface area contributed by atoms with Crippen molar-refractivity contribution in [3.8, 4) is 11.8 Å². The molecular formula is C14H10BrFN2O. The number of anilines is 1. The van der Waals surface area contributed by atoms with Gasteiger partial charge >= 0.3 is 0 Å². The maximum atomic E-state index is 13.8. The van der Waals surface area contributed by atoms with E-state index in [0.29, 0.717) is 17.0 Å². The maximum absolute atomic E-state index is 13.8. The summed E-state index contributed by atoms with van der Waals surface area (Å²) < 4.78 is 20.1. The first-order valence-electron chi connectivity index (χ1n) is 5.46. The number of rotatable bonds is 3. The normalized spacial score (nSPS) is 9.95. The Morgan fingerprint density at radius 3 is 2.79 bits per heavy atom. The molecule has 3 nitrogen and oxygen atoms in total. The third kappa shape index (κ3) is 3.24. The summed E-state index contributed by atoms with van der Waals surface area (Å²) in [6, 6.07) is 11.5. The Kier molecular flexibility index (Phi) is 4.03. The third-order valence-electron chi connectivity index (χ3n) is 2.49. The van der Waals surface area contributed by atoms with Crippen LogP contribution in [0.15, 0.2) is 40.9 Å². The molecule has 0 heterocycles. The van der Waals surface area contributed by atoms with Crippen LogP contribution in [0, 0.1) is 17.1 Å². The van der Waals surface area contributed by atoms with Crippen LogP contribution in [-0.2, 0) is 6.61 Å². The van der Waals surface area contributed by atoms with Crippen molar-refractivity contribution < 1.29 is 9.13 Å². The fourth-order valence-electron chi connectivity index (χ4n) is 1.61. The molecule has 96 valence electrons. The van der Waals surface area contributed by atoms with E-state index in [-0.39, 0.29) is 12.2 Å². The van der Waals surface area contributed by atoms with Gasteiger partial charge in [0.05, 0.1) is 5.56 Å². The molecule has 0 bridgehead atoms. The molecule has 5 heteroatoms. The summed E-state index contributed by atoms with van der Waals surface area (Å²) in [5.41, 5.74) is 6.57. The van der Waals surface area contributed by atoms with Crippen molar-refractivity contribution >= 4 is 21.6 Å². The SMILES string of the molecule is N#Cc1cccc(COc2cc(N)cc(Br)c2)c1F. The number of nitriles is 1. The summed E-state index contributed by atoms with van der Waals surface area (Å²) in [5, 5.41) is 8.75. The zero-order chi connectivity index (χ0) is 13.8. The van der Waals surface area contributed by atoms with E-state index in [1.165, 1.54) is 6.07 Å². The second kappa shape index (κ2) is 5.72. The topological polar surface area (TPSA) is 59.0 Å². The van der Waals surface area contributed by atoms with Crippen LogP contribution in [0.25, 0.3) is 0 Å². The number of nitrogens with two attached hydrogens (primary N) is 1. The van der Waals surface area contributed by atoms with Gasteiger partial charge in [0.1, 0.15) is 24.2 Å². The number of benzene rings is 2. The number of ether oxygens (including phenoxy) is 1. The van der Waals surface area contributed by atoms with E-state index in [4.69, 9.17) is 15.7 Å². The molecule has 0 saturated heterocycles. The fraction of sp³-hybridized carbons (Fsp3) is 0.0714. The van der Waals surface area contributed by atoms with Gasteiger partial charge in [-0.15, -0.1) is 0 Å². The zero-order valence-corrected chi connectivity index (χ0v) is 11.4. The fourth-order valence-corrected chi connectivity index (χ4v) is 2.10. The number of nitrogens with zero attached hydrogens (tertiary/aromatic N) is 1. The largest absolute Gasteiger partial charge is 0.489 e. The van der Waals surface area contributed by atoms with E-state index >= 15 is 0 Å². The summed E-state index contributed by atoms with van der Waals surface area (Å²) in [4.78, 5) is 0. The average Bonchev–Trinajstić information content (AvgIpc) is 2.36. The van der Waals surface area contributed by atoms with Gasteiger partial charge < -0.3 is 10.5 Å². The molecule has 0 saturated carbocycles. The molecular weight excluding hydrogens is 311 g/mol. The van der Waals surface area contributed by atoms with Crippen LogP contribution in [0.1, 0.15) is 11.1 Å². The van der Waals surface area contributed by atoms with Crippen LogP contribution in [-0.4, -0.2) is 0 Å². The van der Waals surface area contributed by atoms with Crippen molar-refractivity contribution in [2.24, 2.45) is 0 Å². The van der Waals surface area contributed by atoms with Crippen molar-refractivity contribution in [3.05, 3.63) is 57.8 Å². The van der Waals surface area contributed by atoms with Crippen molar-refractivity contribution in [2.45, 2.75) is 6.61 Å². The standard InChI is InChI=1S/C14H10BrFN2O/c15-11-4-12(18)6-13(5-11)19-8-10-3-1-2-9(7-17)14(10)16/h1-6H,8,18H2. The molecule has 0 unspecified atom stereocenters. The van der Waals surface area contributed by atoms with Gasteiger partial charge in [-0.3, -0.25) is 0 Å². The van der Waals surface area contributed by atoms with Crippen LogP contribution >= 0.6 is 15.9 Å². The Bertz CT molecular complexity index is 632. The average molecular weight is 321 g/mol. The summed E-state index contributed by atoms with van der Waals surface area (Å²) in [6.45, 7) is 0.0389. The van der Waals surface area contributed by atoms with Crippen LogP contribution < -0.4 is 10.5 Å². The van der Waals surface area contributed by atoms with Crippen LogP contribution in [0.2, 0.25) is 0 Å². The molecule has 0 spiro atoms. The van der Waals surface area contributed by atoms with Gasteiger partial charge in [-0.05, 0) is 18.2 Å². The van der Waals surface area contributed by atoms with E-state index in [1.807, 2.05) is 0 Å². The molecule has 0 aliphatic heterocycles. The molecule has 2 rings (SSSR count). The highest BCUT2D eigenvalue weighted by molar-refractivity contribution is 9.10. The molecule has 0 radical (unpaired) electrons. The van der Waals surface area contributed by atoms with Crippen molar-refractivity contribution in [3.63, 3.8) is 0 Å². The minimum atomic E-state index is -0.548. The summed E-state index contributed by atoms with van der Waals surface area (Å²) in [6.07, 6.45) is 0. The highest BCUT2D eigenvalue weighted by atomic mass is 79.9. The monoisotopic (exact) mass is 320 g/mol. The second-order valence-electron chi connectivity index (χ2n) is 3.90. The highest BCUT2D eigenvalue weighted by Gasteiger charge is 2.08. The molecule has 0 aromatic heterocycles. The van der Waals surface area contributed by atoms with Gasteiger partial charge in [-0.2, -0.15) is 5.26 Å². The third-order valence-corrected chi connectivity index (χ3v) is 2.94. The van der Waals surface area contributed by atoms with Gasteiger partial charge in [0, 0.05) is 21.8 Å². The molecule has 19 heavy (non-hydrogen) atoms. The lowest BCUT2D eigenvalue weighted by Gasteiger charge is -2.09. The van der Waals surface area contributed by atoms with E-state index in [1.54, 1.807) is 36.4 Å². The smallest absolute Gasteiger partial charge is 0.147 e. The highest BCUT2D eigenvalue weighted by Crippen LogP contribution is 2.24. The maximum Gasteiger partial charge on any atom is 0.147 e. The van der Waals surface area contributed by atoms with E-state index in [9.17, 15) is 4.39 Å². The van der Waals surface area contributed by atoms with Gasteiger partial charge in [0.2, 0.25) is 0 Å². The molecule has 0 aliphatic rings. The van der Waals surface area contributed by atoms with Gasteiger partial charge in [-0.25, -0.2) is 4.39 Å². The lowest BCUT2D eigenvalue weighted by Crippen LogP contribution is -2.00. The van der Waals surface area contributed by atoms with Crippen molar-refractivity contribution in [2.75, 3.05) is 5.73 Å². The number of nitrogen functional groups attached to an aromatic ring is 1. The van der Waals surface area contributed by atoms with Gasteiger partial charge in [-0.1, -0.05) is 28.1 Å². The van der Waals surface area contributed by atoms with E-state index in [2.05, 4.69) is 15.9 Å². The number of halogens is 2. The molecule has 2 N–H and O–H groups in total. The van der Waals surface area contributed by atoms with E-state index in [0.717, 1.165) is 4.47 Å². The molecule has 2 aromatic rings. The van der Waals surface area contributed by atoms with Crippen LogP contribution in [0.5, 0.6) is 5.75 Å².